The maximum absolute atomic E-state index is 11.6. The second-order valence-corrected chi connectivity index (χ2v) is 4.17. The van der Waals surface area contributed by atoms with Gasteiger partial charge in [0.05, 0.1) is 5.92 Å². The van der Waals surface area contributed by atoms with Gasteiger partial charge in [0.25, 0.3) is 0 Å². The molecule has 16 heavy (non-hydrogen) atoms. The summed E-state index contributed by atoms with van der Waals surface area (Å²) in [4.78, 5) is 22.1. The van der Waals surface area contributed by atoms with Crippen molar-refractivity contribution in [3.63, 3.8) is 0 Å². The Morgan fingerprint density at radius 3 is 2.81 bits per heavy atom. The molecule has 5 heteroatoms. The Bertz CT molecular complexity index is 248. The van der Waals surface area contributed by atoms with E-state index in [0.717, 1.165) is 19.3 Å². The van der Waals surface area contributed by atoms with Crippen molar-refractivity contribution in [3.8, 4) is 0 Å². The van der Waals surface area contributed by atoms with E-state index in [0.29, 0.717) is 19.6 Å². The van der Waals surface area contributed by atoms with Crippen LogP contribution in [-0.2, 0) is 14.3 Å². The van der Waals surface area contributed by atoms with E-state index in [9.17, 15) is 9.59 Å². The summed E-state index contributed by atoms with van der Waals surface area (Å²) < 4.78 is 5.32. The van der Waals surface area contributed by atoms with Gasteiger partial charge in [0, 0.05) is 13.2 Å². The third kappa shape index (κ3) is 4.18. The van der Waals surface area contributed by atoms with Gasteiger partial charge in [-0.3, -0.25) is 9.59 Å². The highest BCUT2D eigenvalue weighted by Gasteiger charge is 2.21. The molecular weight excluding hydrogens is 210 g/mol. The Morgan fingerprint density at radius 1 is 1.50 bits per heavy atom. The van der Waals surface area contributed by atoms with Crippen LogP contribution in [0.15, 0.2) is 0 Å². The predicted octanol–water partition coefficient (Wildman–Crippen LogP) is 0.782. The molecule has 1 heterocycles. The highest BCUT2D eigenvalue weighted by atomic mass is 16.5. The summed E-state index contributed by atoms with van der Waals surface area (Å²) in [6, 6.07) is 0. The Labute approximate surface area is 95.2 Å². The van der Waals surface area contributed by atoms with Crippen molar-refractivity contribution in [1.82, 2.24) is 5.32 Å². The van der Waals surface area contributed by atoms with Crippen LogP contribution in [0, 0.1) is 5.92 Å². The van der Waals surface area contributed by atoms with Gasteiger partial charge in [0.15, 0.2) is 0 Å². The van der Waals surface area contributed by atoms with E-state index in [1.807, 2.05) is 0 Å². The summed E-state index contributed by atoms with van der Waals surface area (Å²) in [5, 5.41) is 11.4. The van der Waals surface area contributed by atoms with Crippen LogP contribution in [0.3, 0.4) is 0 Å². The molecule has 1 fully saturated rings. The van der Waals surface area contributed by atoms with Crippen molar-refractivity contribution >= 4 is 11.9 Å². The molecule has 0 aromatic rings. The van der Waals surface area contributed by atoms with Gasteiger partial charge in [0.1, 0.15) is 6.10 Å². The summed E-state index contributed by atoms with van der Waals surface area (Å²) >= 11 is 0. The fourth-order valence-electron chi connectivity index (χ4n) is 1.60. The number of hydrogen-bond donors (Lipinski definition) is 2. The molecule has 1 rings (SSSR count). The van der Waals surface area contributed by atoms with Gasteiger partial charge < -0.3 is 15.2 Å². The largest absolute Gasteiger partial charge is 0.481 e. The Morgan fingerprint density at radius 2 is 2.25 bits per heavy atom. The predicted molar refractivity (Wildman–Crippen MR) is 58.0 cm³/mol. The van der Waals surface area contributed by atoms with Gasteiger partial charge in [-0.15, -0.1) is 0 Å². The summed E-state index contributed by atoms with van der Waals surface area (Å²) in [6.07, 6.45) is 2.91. The van der Waals surface area contributed by atoms with Crippen LogP contribution < -0.4 is 5.32 Å². The molecule has 1 aliphatic rings. The van der Waals surface area contributed by atoms with Gasteiger partial charge in [-0.05, 0) is 25.7 Å². The number of carboxylic acid groups (broad SMARTS) is 1. The van der Waals surface area contributed by atoms with Crippen LogP contribution in [0.4, 0.5) is 0 Å². The molecule has 0 aliphatic carbocycles. The second kappa shape index (κ2) is 6.48. The molecule has 0 radical (unpaired) electrons. The SMILES string of the molecule is CC(CCNC(=O)C1CCCCO1)C(=O)O. The number of hydrogen-bond acceptors (Lipinski definition) is 3. The minimum absolute atomic E-state index is 0.114. The lowest BCUT2D eigenvalue weighted by molar-refractivity contribution is -0.142. The standard InChI is InChI=1S/C11H19NO4/c1-8(11(14)15)5-6-12-10(13)9-4-2-3-7-16-9/h8-9H,2-7H2,1H3,(H,12,13)(H,14,15). The van der Waals surface area contributed by atoms with Gasteiger partial charge in [-0.25, -0.2) is 0 Å². The first-order chi connectivity index (χ1) is 7.61. The molecule has 1 aliphatic heterocycles. The fourth-order valence-corrected chi connectivity index (χ4v) is 1.60. The molecule has 5 nitrogen and oxygen atoms in total. The number of carbonyl (C=O) groups is 2. The van der Waals surface area contributed by atoms with Crippen LogP contribution in [-0.4, -0.2) is 36.2 Å². The Kier molecular flexibility index (Phi) is 5.25. The Balaban J connectivity index is 2.16. The topological polar surface area (TPSA) is 75.6 Å². The number of nitrogens with one attached hydrogen (secondary N) is 1. The number of carbonyl (C=O) groups excluding carboxylic acids is 1. The number of amides is 1. The van der Waals surface area contributed by atoms with E-state index in [4.69, 9.17) is 9.84 Å². The van der Waals surface area contributed by atoms with Crippen LogP contribution in [0.1, 0.15) is 32.6 Å². The van der Waals surface area contributed by atoms with Crippen LogP contribution in [0.5, 0.6) is 0 Å². The first-order valence-electron chi connectivity index (χ1n) is 5.73. The monoisotopic (exact) mass is 229 g/mol. The molecule has 92 valence electrons. The number of ether oxygens (including phenoxy) is 1. The maximum atomic E-state index is 11.6. The number of carboxylic acids is 1. The van der Waals surface area contributed by atoms with Gasteiger partial charge in [0.2, 0.25) is 5.91 Å². The molecular formula is C11H19NO4. The van der Waals surface area contributed by atoms with E-state index in [2.05, 4.69) is 5.32 Å². The first kappa shape index (κ1) is 13.0. The average Bonchev–Trinajstić information content (AvgIpc) is 2.29. The highest BCUT2D eigenvalue weighted by Crippen LogP contribution is 2.12. The van der Waals surface area contributed by atoms with E-state index in [1.165, 1.54) is 0 Å². The van der Waals surface area contributed by atoms with Crippen molar-refractivity contribution in [1.29, 1.82) is 0 Å². The summed E-state index contributed by atoms with van der Waals surface area (Å²) in [7, 11) is 0. The molecule has 0 aromatic carbocycles. The maximum Gasteiger partial charge on any atom is 0.306 e. The van der Waals surface area contributed by atoms with Gasteiger partial charge >= 0.3 is 5.97 Å². The van der Waals surface area contributed by atoms with E-state index in [-0.39, 0.29) is 12.0 Å². The average molecular weight is 229 g/mol. The number of rotatable bonds is 5. The molecule has 2 atom stereocenters. The first-order valence-corrected chi connectivity index (χ1v) is 5.73. The van der Waals surface area contributed by atoms with Crippen LogP contribution in [0.2, 0.25) is 0 Å². The molecule has 2 unspecified atom stereocenters. The van der Waals surface area contributed by atoms with Crippen LogP contribution >= 0.6 is 0 Å². The smallest absolute Gasteiger partial charge is 0.306 e. The molecule has 0 aromatic heterocycles. The van der Waals surface area contributed by atoms with E-state index in [1.54, 1.807) is 6.92 Å². The van der Waals surface area contributed by atoms with Crippen molar-refractivity contribution in [3.05, 3.63) is 0 Å². The second-order valence-electron chi connectivity index (χ2n) is 4.17. The summed E-state index contributed by atoms with van der Waals surface area (Å²) in [6.45, 7) is 2.67. The van der Waals surface area contributed by atoms with Crippen LogP contribution in [0.25, 0.3) is 0 Å². The molecule has 0 spiro atoms. The summed E-state index contributed by atoms with van der Waals surface area (Å²) in [5.41, 5.74) is 0. The lowest BCUT2D eigenvalue weighted by atomic mass is 10.1. The quantitative estimate of drug-likeness (QED) is 0.730. The Hall–Kier alpha value is -1.10. The summed E-state index contributed by atoms with van der Waals surface area (Å²) in [5.74, 6) is -1.37. The van der Waals surface area contributed by atoms with Crippen molar-refractivity contribution in [2.45, 2.75) is 38.7 Å². The minimum Gasteiger partial charge on any atom is -0.481 e. The minimum atomic E-state index is -0.830. The molecule has 0 saturated carbocycles. The molecule has 2 N–H and O–H groups in total. The lowest BCUT2D eigenvalue weighted by Crippen LogP contribution is -2.39. The third-order valence-corrected chi connectivity index (χ3v) is 2.77. The normalized spacial score (nSPS) is 22.4. The zero-order valence-corrected chi connectivity index (χ0v) is 9.57. The van der Waals surface area contributed by atoms with Crippen molar-refractivity contribution in [2.24, 2.45) is 5.92 Å². The highest BCUT2D eigenvalue weighted by molar-refractivity contribution is 5.80. The number of aliphatic carboxylic acids is 1. The van der Waals surface area contributed by atoms with Gasteiger partial charge in [-0.2, -0.15) is 0 Å². The molecule has 0 bridgehead atoms. The van der Waals surface area contributed by atoms with E-state index < -0.39 is 11.9 Å². The van der Waals surface area contributed by atoms with Crippen molar-refractivity contribution < 1.29 is 19.4 Å². The molecule has 1 saturated heterocycles. The molecule has 1 amide bonds. The lowest BCUT2D eigenvalue weighted by Gasteiger charge is -2.21. The zero-order chi connectivity index (χ0) is 12.0. The zero-order valence-electron chi connectivity index (χ0n) is 9.57. The van der Waals surface area contributed by atoms with Crippen molar-refractivity contribution in [2.75, 3.05) is 13.2 Å². The third-order valence-electron chi connectivity index (χ3n) is 2.77. The van der Waals surface area contributed by atoms with E-state index >= 15 is 0 Å². The van der Waals surface area contributed by atoms with Gasteiger partial charge in [-0.1, -0.05) is 6.92 Å². The fraction of sp³-hybridized carbons (Fsp3) is 0.818.